The van der Waals surface area contributed by atoms with E-state index in [0.717, 1.165) is 45.7 Å². The first-order valence-electron chi connectivity index (χ1n) is 7.57. The summed E-state index contributed by atoms with van der Waals surface area (Å²) in [6.45, 7) is 4.78. The fraction of sp³-hybridized carbons (Fsp3) is 0.625. The van der Waals surface area contributed by atoms with Gasteiger partial charge in [0.15, 0.2) is 0 Å². The summed E-state index contributed by atoms with van der Waals surface area (Å²) >= 11 is 0. The third-order valence-electron chi connectivity index (χ3n) is 4.06. The normalized spacial score (nSPS) is 21.0. The van der Waals surface area contributed by atoms with E-state index in [9.17, 15) is 0 Å². The Labute approximate surface area is 133 Å². The third-order valence-corrected chi connectivity index (χ3v) is 4.06. The number of benzene rings is 1. The molecule has 0 unspecified atom stereocenters. The molecule has 0 aromatic heterocycles. The smallest absolute Gasteiger partial charge is 0.0668 e. The van der Waals surface area contributed by atoms with Crippen molar-refractivity contribution in [1.82, 2.24) is 10.2 Å². The van der Waals surface area contributed by atoms with E-state index in [-0.39, 0.29) is 12.4 Å². The number of rotatable bonds is 4. The molecule has 0 aliphatic carbocycles. The zero-order valence-corrected chi connectivity index (χ0v) is 13.8. The average molecular weight is 312 g/mol. The molecule has 4 nitrogen and oxygen atoms in total. The van der Waals surface area contributed by atoms with Crippen LogP contribution in [0.1, 0.15) is 23.1 Å². The fourth-order valence-electron chi connectivity index (χ4n) is 3.12. The number of nitrogens with one attached hydrogen (secondary N) is 2. The van der Waals surface area contributed by atoms with Crippen molar-refractivity contribution in [1.29, 1.82) is 0 Å². The van der Waals surface area contributed by atoms with Gasteiger partial charge in [-0.1, -0.05) is 6.07 Å². The molecule has 1 aromatic carbocycles. The number of hydrogen-bond acceptors (Lipinski definition) is 4. The molecule has 1 atom stereocenters. The fourth-order valence-corrected chi connectivity index (χ4v) is 3.12. The first-order chi connectivity index (χ1) is 9.72. The largest absolute Gasteiger partial charge is 0.380 e. The molecule has 3 rings (SSSR count). The number of nitrogens with zero attached hydrogens (tertiary/aromatic N) is 1. The minimum Gasteiger partial charge on any atom is -0.380 e. The van der Waals surface area contributed by atoms with Gasteiger partial charge >= 0.3 is 0 Å². The number of halogens is 1. The highest BCUT2D eigenvalue weighted by atomic mass is 35.5. The predicted molar refractivity (Wildman–Crippen MR) is 89.3 cm³/mol. The van der Waals surface area contributed by atoms with Gasteiger partial charge in [0.25, 0.3) is 0 Å². The summed E-state index contributed by atoms with van der Waals surface area (Å²) in [4.78, 5) is 2.23. The molecule has 0 spiro atoms. The number of hydrogen-bond donors (Lipinski definition) is 2. The molecular formula is C16H26ClN3O. The zero-order valence-electron chi connectivity index (χ0n) is 12.9. The molecule has 2 aliphatic heterocycles. The Hall–Kier alpha value is -0.810. The maximum atomic E-state index is 5.48. The highest BCUT2D eigenvalue weighted by Gasteiger charge is 2.20. The van der Waals surface area contributed by atoms with Gasteiger partial charge in [0.2, 0.25) is 0 Å². The van der Waals surface area contributed by atoms with Gasteiger partial charge in [0.1, 0.15) is 0 Å². The summed E-state index contributed by atoms with van der Waals surface area (Å²) in [6.07, 6.45) is 2.24. The van der Waals surface area contributed by atoms with Crippen LogP contribution < -0.4 is 10.6 Å². The van der Waals surface area contributed by atoms with E-state index in [4.69, 9.17) is 4.74 Å². The second-order valence-electron chi connectivity index (χ2n) is 6.15. The molecular weight excluding hydrogens is 286 g/mol. The van der Waals surface area contributed by atoms with Gasteiger partial charge in [-0.25, -0.2) is 0 Å². The maximum absolute atomic E-state index is 5.48. The van der Waals surface area contributed by atoms with E-state index >= 15 is 0 Å². The number of ether oxygens (including phenoxy) is 1. The SMILES string of the molecule is CN(C)Cc1cc2c(c(N[C@@H]3CCOC3)c1)CNCC2.Cl. The van der Waals surface area contributed by atoms with E-state index in [0.29, 0.717) is 6.04 Å². The lowest BCUT2D eigenvalue weighted by Gasteiger charge is -2.25. The Morgan fingerprint density at radius 3 is 2.95 bits per heavy atom. The minimum atomic E-state index is 0. The van der Waals surface area contributed by atoms with Crippen LogP contribution in [0.3, 0.4) is 0 Å². The predicted octanol–water partition coefficient (Wildman–Crippen LogP) is 2.02. The van der Waals surface area contributed by atoms with Gasteiger partial charge in [-0.2, -0.15) is 0 Å². The molecule has 2 N–H and O–H groups in total. The van der Waals surface area contributed by atoms with Gasteiger partial charge in [0.05, 0.1) is 12.6 Å². The quantitative estimate of drug-likeness (QED) is 0.892. The monoisotopic (exact) mass is 311 g/mol. The number of anilines is 1. The molecule has 2 aliphatic rings. The summed E-state index contributed by atoms with van der Waals surface area (Å²) in [5, 5.41) is 7.18. The lowest BCUT2D eigenvalue weighted by Crippen LogP contribution is -2.27. The van der Waals surface area contributed by atoms with E-state index in [1.54, 1.807) is 0 Å². The van der Waals surface area contributed by atoms with Gasteiger partial charge < -0.3 is 20.3 Å². The summed E-state index contributed by atoms with van der Waals surface area (Å²) in [5.74, 6) is 0. The average Bonchev–Trinajstić information content (AvgIpc) is 2.91. The molecule has 0 bridgehead atoms. The maximum Gasteiger partial charge on any atom is 0.0668 e. The molecule has 0 saturated carbocycles. The van der Waals surface area contributed by atoms with Gasteiger partial charge in [-0.3, -0.25) is 0 Å². The lowest BCUT2D eigenvalue weighted by molar-refractivity contribution is 0.195. The first kappa shape index (κ1) is 16.6. The number of fused-ring (bicyclic) bond motifs is 1. The van der Waals surface area contributed by atoms with Crippen LogP contribution in [0.5, 0.6) is 0 Å². The lowest BCUT2D eigenvalue weighted by atomic mass is 9.95. The van der Waals surface area contributed by atoms with Crippen molar-refractivity contribution in [3.8, 4) is 0 Å². The Morgan fingerprint density at radius 2 is 2.24 bits per heavy atom. The van der Waals surface area contributed by atoms with Crippen LogP contribution in [-0.4, -0.2) is 44.8 Å². The van der Waals surface area contributed by atoms with E-state index in [2.05, 4.69) is 41.8 Å². The van der Waals surface area contributed by atoms with Crippen LogP contribution in [0.25, 0.3) is 0 Å². The topological polar surface area (TPSA) is 36.5 Å². The summed E-state index contributed by atoms with van der Waals surface area (Å²) in [5.41, 5.74) is 5.66. The van der Waals surface area contributed by atoms with Crippen molar-refractivity contribution < 1.29 is 4.74 Å². The van der Waals surface area contributed by atoms with Crippen LogP contribution in [0.2, 0.25) is 0 Å². The van der Waals surface area contributed by atoms with Crippen LogP contribution in [-0.2, 0) is 24.2 Å². The molecule has 2 heterocycles. The zero-order chi connectivity index (χ0) is 13.9. The van der Waals surface area contributed by atoms with Crippen molar-refractivity contribution in [3.63, 3.8) is 0 Å². The standard InChI is InChI=1S/C16H25N3O.ClH/c1-19(2)10-12-7-13-3-5-17-9-15(13)16(8-12)18-14-4-6-20-11-14;/h7-8,14,17-18H,3-6,9-11H2,1-2H3;1H/t14-;/m1./s1. The Morgan fingerprint density at radius 1 is 1.38 bits per heavy atom. The van der Waals surface area contributed by atoms with Crippen LogP contribution >= 0.6 is 12.4 Å². The molecule has 5 heteroatoms. The van der Waals surface area contributed by atoms with E-state index < -0.39 is 0 Å². The Kier molecular flexibility index (Phi) is 5.88. The van der Waals surface area contributed by atoms with Crippen LogP contribution in [0.15, 0.2) is 12.1 Å². The van der Waals surface area contributed by atoms with Crippen molar-refractivity contribution in [2.75, 3.05) is 39.2 Å². The van der Waals surface area contributed by atoms with Gasteiger partial charge in [-0.15, -0.1) is 12.4 Å². The highest BCUT2D eigenvalue weighted by molar-refractivity contribution is 5.85. The minimum absolute atomic E-state index is 0. The summed E-state index contributed by atoms with van der Waals surface area (Å²) < 4.78 is 5.48. The van der Waals surface area contributed by atoms with Crippen molar-refractivity contribution in [3.05, 3.63) is 28.8 Å². The molecule has 21 heavy (non-hydrogen) atoms. The molecule has 1 aromatic rings. The molecule has 118 valence electrons. The second kappa shape index (κ2) is 7.45. The first-order valence-corrected chi connectivity index (χ1v) is 7.57. The van der Waals surface area contributed by atoms with Crippen LogP contribution in [0, 0.1) is 0 Å². The molecule has 0 radical (unpaired) electrons. The Bertz CT molecular complexity index is 473. The molecule has 0 amide bonds. The van der Waals surface area contributed by atoms with E-state index in [1.165, 1.54) is 22.4 Å². The Balaban J connectivity index is 0.00000161. The van der Waals surface area contributed by atoms with Gasteiger partial charge in [0, 0.05) is 25.4 Å². The molecule has 1 saturated heterocycles. The van der Waals surface area contributed by atoms with Crippen molar-refractivity contribution in [2.24, 2.45) is 0 Å². The van der Waals surface area contributed by atoms with E-state index in [1.807, 2.05) is 0 Å². The third kappa shape index (κ3) is 4.10. The highest BCUT2D eigenvalue weighted by Crippen LogP contribution is 2.27. The summed E-state index contributed by atoms with van der Waals surface area (Å²) in [6, 6.07) is 5.17. The van der Waals surface area contributed by atoms with Crippen LogP contribution in [0.4, 0.5) is 5.69 Å². The van der Waals surface area contributed by atoms with Crippen molar-refractivity contribution in [2.45, 2.75) is 32.0 Å². The molecule has 1 fully saturated rings. The van der Waals surface area contributed by atoms with Crippen molar-refractivity contribution >= 4 is 18.1 Å². The van der Waals surface area contributed by atoms with Gasteiger partial charge in [-0.05, 0) is 56.2 Å². The second-order valence-corrected chi connectivity index (χ2v) is 6.15. The summed E-state index contributed by atoms with van der Waals surface area (Å²) in [7, 11) is 4.25.